The van der Waals surface area contributed by atoms with Crippen molar-refractivity contribution >= 4 is 11.8 Å². The first-order valence-corrected chi connectivity index (χ1v) is 7.93. The summed E-state index contributed by atoms with van der Waals surface area (Å²) < 4.78 is 5.38. The number of aliphatic hydroxyl groups excluding tert-OH is 2. The minimum Gasteiger partial charge on any atom is -0.459 e. The Kier molecular flexibility index (Phi) is 6.75. The molecule has 1 aliphatic heterocycles. The molecule has 0 bridgehead atoms. The molecule has 1 heterocycles. The number of hydrogen-bond donors (Lipinski definition) is 2. The zero-order chi connectivity index (χ0) is 17.0. The molecule has 7 atom stereocenters. The van der Waals surface area contributed by atoms with Crippen LogP contribution in [0.3, 0.4) is 0 Å². The average Bonchev–Trinajstić information content (AvgIpc) is 2.46. The van der Waals surface area contributed by atoms with E-state index in [1.165, 1.54) is 6.08 Å². The van der Waals surface area contributed by atoms with Gasteiger partial charge in [-0.2, -0.15) is 0 Å². The second-order valence-electron chi connectivity index (χ2n) is 6.66. The van der Waals surface area contributed by atoms with Crippen LogP contribution in [0.2, 0.25) is 0 Å². The molecule has 0 radical (unpaired) electrons. The van der Waals surface area contributed by atoms with Crippen molar-refractivity contribution in [2.24, 2.45) is 23.7 Å². The molecule has 0 spiro atoms. The molecule has 0 aliphatic carbocycles. The predicted octanol–water partition coefficient (Wildman–Crippen LogP) is 1.71. The molecule has 0 saturated heterocycles. The van der Waals surface area contributed by atoms with Gasteiger partial charge in [-0.25, -0.2) is 0 Å². The first kappa shape index (κ1) is 18.8. The van der Waals surface area contributed by atoms with Crippen LogP contribution in [-0.4, -0.2) is 40.3 Å². The monoisotopic (exact) mass is 312 g/mol. The van der Waals surface area contributed by atoms with Crippen LogP contribution in [0.25, 0.3) is 0 Å². The molecule has 0 amide bonds. The topological polar surface area (TPSA) is 83.8 Å². The fourth-order valence-corrected chi connectivity index (χ4v) is 2.85. The van der Waals surface area contributed by atoms with E-state index in [4.69, 9.17) is 4.74 Å². The standard InChI is InChI=1S/C17H28O5/c1-9-6-7-14(19)10(2)8-11(3)15(20)12(4)17(21)22-16(9)13(5)18/h6-7,9-13,15-16,18,20H,8H2,1-5H3/b7-6+/t9-,10-,11+,12-,13+,15+,16+/m1/s1. The predicted molar refractivity (Wildman–Crippen MR) is 83.0 cm³/mol. The van der Waals surface area contributed by atoms with Crippen molar-refractivity contribution in [1.29, 1.82) is 0 Å². The molecule has 2 N–H and O–H groups in total. The minimum atomic E-state index is -0.879. The van der Waals surface area contributed by atoms with Crippen molar-refractivity contribution in [2.45, 2.75) is 59.4 Å². The summed E-state index contributed by atoms with van der Waals surface area (Å²) in [6, 6.07) is 0. The lowest BCUT2D eigenvalue weighted by molar-refractivity contribution is -0.166. The third-order valence-corrected chi connectivity index (χ3v) is 4.49. The van der Waals surface area contributed by atoms with Crippen molar-refractivity contribution in [1.82, 2.24) is 0 Å². The molecule has 0 aromatic rings. The van der Waals surface area contributed by atoms with Crippen LogP contribution in [0.4, 0.5) is 0 Å². The van der Waals surface area contributed by atoms with Crippen molar-refractivity contribution in [3.05, 3.63) is 12.2 Å². The van der Waals surface area contributed by atoms with Gasteiger partial charge in [0, 0.05) is 11.8 Å². The van der Waals surface area contributed by atoms with Gasteiger partial charge in [0.1, 0.15) is 6.10 Å². The summed E-state index contributed by atoms with van der Waals surface area (Å²) in [5, 5.41) is 20.1. The van der Waals surface area contributed by atoms with Crippen LogP contribution in [0.15, 0.2) is 12.2 Å². The summed E-state index contributed by atoms with van der Waals surface area (Å²) in [6.45, 7) is 8.59. The number of carbonyl (C=O) groups excluding carboxylic acids is 2. The van der Waals surface area contributed by atoms with Gasteiger partial charge < -0.3 is 14.9 Å². The van der Waals surface area contributed by atoms with Crippen LogP contribution in [0.5, 0.6) is 0 Å². The number of hydrogen-bond acceptors (Lipinski definition) is 5. The highest BCUT2D eigenvalue weighted by Crippen LogP contribution is 2.25. The molecule has 5 nitrogen and oxygen atoms in total. The quantitative estimate of drug-likeness (QED) is 0.720. The minimum absolute atomic E-state index is 0.0187. The molecule has 22 heavy (non-hydrogen) atoms. The summed E-state index contributed by atoms with van der Waals surface area (Å²) >= 11 is 0. The summed E-state index contributed by atoms with van der Waals surface area (Å²) in [7, 11) is 0. The number of ether oxygens (including phenoxy) is 1. The van der Waals surface area contributed by atoms with Gasteiger partial charge >= 0.3 is 5.97 Å². The van der Waals surface area contributed by atoms with Gasteiger partial charge in [0.15, 0.2) is 5.78 Å². The number of esters is 1. The lowest BCUT2D eigenvalue weighted by Gasteiger charge is -2.30. The number of ketones is 1. The van der Waals surface area contributed by atoms with E-state index < -0.39 is 30.2 Å². The summed E-state index contributed by atoms with van der Waals surface area (Å²) in [5.41, 5.74) is 0. The summed E-state index contributed by atoms with van der Waals surface area (Å²) in [5.74, 6) is -1.95. The SMILES string of the molecule is C[C@@H]1C[C@H](C)[C@H](O)[C@@H](C)C(=O)O[C@H]([C@H](C)O)[C@H](C)/C=C/C1=O. The molecular formula is C17H28O5. The normalized spacial score (nSPS) is 41.0. The highest BCUT2D eigenvalue weighted by atomic mass is 16.6. The molecule has 0 aromatic carbocycles. The molecule has 1 aliphatic rings. The Bertz CT molecular complexity index is 429. The molecule has 0 aromatic heterocycles. The number of cyclic esters (lactones) is 1. The second-order valence-corrected chi connectivity index (χ2v) is 6.66. The van der Waals surface area contributed by atoms with E-state index >= 15 is 0 Å². The summed E-state index contributed by atoms with van der Waals surface area (Å²) in [6.07, 6.45) is 1.20. The lowest BCUT2D eigenvalue weighted by atomic mass is 9.84. The van der Waals surface area contributed by atoms with E-state index in [1.54, 1.807) is 26.8 Å². The molecule has 0 saturated carbocycles. The Balaban J connectivity index is 3.11. The maximum atomic E-state index is 12.2. The maximum absolute atomic E-state index is 12.2. The number of allylic oxidation sites excluding steroid dienone is 1. The van der Waals surface area contributed by atoms with Gasteiger partial charge in [0.25, 0.3) is 0 Å². The van der Waals surface area contributed by atoms with E-state index in [0.29, 0.717) is 6.42 Å². The Morgan fingerprint density at radius 3 is 2.36 bits per heavy atom. The first-order chi connectivity index (χ1) is 10.1. The zero-order valence-corrected chi connectivity index (χ0v) is 14.0. The van der Waals surface area contributed by atoms with Gasteiger partial charge in [-0.05, 0) is 32.3 Å². The molecule has 126 valence electrons. The van der Waals surface area contributed by atoms with Gasteiger partial charge in [-0.3, -0.25) is 9.59 Å². The maximum Gasteiger partial charge on any atom is 0.311 e. The Hall–Kier alpha value is -1.20. The van der Waals surface area contributed by atoms with Gasteiger partial charge in [-0.15, -0.1) is 0 Å². The average molecular weight is 312 g/mol. The van der Waals surface area contributed by atoms with E-state index in [9.17, 15) is 19.8 Å². The van der Waals surface area contributed by atoms with Gasteiger partial charge in [0.05, 0.1) is 18.1 Å². The Labute approximate surface area is 132 Å². The molecule has 0 fully saturated rings. The molecular weight excluding hydrogens is 284 g/mol. The number of carbonyl (C=O) groups is 2. The van der Waals surface area contributed by atoms with Gasteiger partial charge in [0.2, 0.25) is 0 Å². The van der Waals surface area contributed by atoms with Gasteiger partial charge in [-0.1, -0.05) is 26.8 Å². The van der Waals surface area contributed by atoms with Crippen molar-refractivity contribution < 1.29 is 24.5 Å². The van der Waals surface area contributed by atoms with Crippen molar-refractivity contribution in [3.8, 4) is 0 Å². The second kappa shape index (κ2) is 7.88. The van der Waals surface area contributed by atoms with E-state index in [2.05, 4.69) is 0 Å². The lowest BCUT2D eigenvalue weighted by Crippen LogP contribution is -2.40. The Morgan fingerprint density at radius 2 is 1.82 bits per heavy atom. The largest absolute Gasteiger partial charge is 0.459 e. The highest BCUT2D eigenvalue weighted by molar-refractivity contribution is 5.91. The molecule has 5 heteroatoms. The highest BCUT2D eigenvalue weighted by Gasteiger charge is 2.34. The first-order valence-electron chi connectivity index (χ1n) is 7.93. The van der Waals surface area contributed by atoms with Crippen LogP contribution in [0, 0.1) is 23.7 Å². The third-order valence-electron chi connectivity index (χ3n) is 4.49. The van der Waals surface area contributed by atoms with Crippen LogP contribution in [0.1, 0.15) is 41.0 Å². The Morgan fingerprint density at radius 1 is 1.23 bits per heavy atom. The number of rotatable bonds is 1. The van der Waals surface area contributed by atoms with Crippen LogP contribution < -0.4 is 0 Å². The van der Waals surface area contributed by atoms with Crippen molar-refractivity contribution in [3.63, 3.8) is 0 Å². The van der Waals surface area contributed by atoms with E-state index in [1.807, 2.05) is 13.8 Å². The zero-order valence-electron chi connectivity index (χ0n) is 14.0. The van der Waals surface area contributed by atoms with Crippen LogP contribution in [-0.2, 0) is 14.3 Å². The van der Waals surface area contributed by atoms with E-state index in [-0.39, 0.29) is 23.5 Å². The smallest absolute Gasteiger partial charge is 0.311 e. The summed E-state index contributed by atoms with van der Waals surface area (Å²) in [4.78, 5) is 24.3. The third kappa shape index (κ3) is 4.65. The number of aliphatic hydroxyl groups is 2. The fourth-order valence-electron chi connectivity index (χ4n) is 2.85. The van der Waals surface area contributed by atoms with E-state index in [0.717, 1.165) is 0 Å². The fraction of sp³-hybridized carbons (Fsp3) is 0.765. The van der Waals surface area contributed by atoms with Crippen molar-refractivity contribution in [2.75, 3.05) is 0 Å². The van der Waals surface area contributed by atoms with Crippen LogP contribution >= 0.6 is 0 Å². The molecule has 1 rings (SSSR count). The molecule has 0 unspecified atom stereocenters.